The number of Topliss-reactive ketones (excluding diaryl/α,β-unsaturated/α-hetero) is 1. The summed E-state index contributed by atoms with van der Waals surface area (Å²) in [5.41, 5.74) is 0.904. The zero-order valence-corrected chi connectivity index (χ0v) is 17.3. The lowest BCUT2D eigenvalue weighted by Gasteiger charge is -2.17. The van der Waals surface area contributed by atoms with Crippen LogP contribution in [-0.2, 0) is 4.79 Å². The van der Waals surface area contributed by atoms with E-state index in [-0.39, 0.29) is 23.5 Å². The van der Waals surface area contributed by atoms with Crippen LogP contribution in [0.1, 0.15) is 43.0 Å². The van der Waals surface area contributed by atoms with Gasteiger partial charge in [-0.15, -0.1) is 11.8 Å². The number of halogens is 1. The Balaban J connectivity index is 1.60. The summed E-state index contributed by atoms with van der Waals surface area (Å²) in [7, 11) is 1.58. The third-order valence-electron chi connectivity index (χ3n) is 4.74. The van der Waals surface area contributed by atoms with E-state index in [9.17, 15) is 14.0 Å². The van der Waals surface area contributed by atoms with Gasteiger partial charge in [0, 0.05) is 22.2 Å². The third-order valence-corrected chi connectivity index (χ3v) is 5.79. The number of thioether (sulfide) groups is 1. The Kier molecular flexibility index (Phi) is 7.14. The number of hydrogen-bond donors (Lipinski definition) is 1. The predicted octanol–water partition coefficient (Wildman–Crippen LogP) is 5.09. The second kappa shape index (κ2) is 9.78. The van der Waals surface area contributed by atoms with Gasteiger partial charge in [-0.05, 0) is 56.9 Å². The fourth-order valence-electron chi connectivity index (χ4n) is 3.21. The van der Waals surface area contributed by atoms with Crippen LogP contribution < -0.4 is 14.8 Å². The average molecular weight is 418 g/mol. The first-order valence-electron chi connectivity index (χ1n) is 9.54. The molecule has 1 saturated carbocycles. The van der Waals surface area contributed by atoms with Crippen molar-refractivity contribution in [3.63, 3.8) is 0 Å². The highest BCUT2D eigenvalue weighted by atomic mass is 32.2. The molecule has 3 rings (SSSR count). The van der Waals surface area contributed by atoms with Gasteiger partial charge >= 0.3 is 0 Å². The molecule has 1 amide bonds. The first kappa shape index (κ1) is 21.2. The molecule has 7 heteroatoms. The minimum atomic E-state index is -0.507. The van der Waals surface area contributed by atoms with Crippen LogP contribution in [0.4, 0.5) is 10.1 Å². The van der Waals surface area contributed by atoms with Crippen LogP contribution in [0, 0.1) is 5.82 Å². The topological polar surface area (TPSA) is 64.6 Å². The molecule has 0 atom stereocenters. The van der Waals surface area contributed by atoms with E-state index >= 15 is 0 Å². The second-order valence-electron chi connectivity index (χ2n) is 6.93. The van der Waals surface area contributed by atoms with Crippen LogP contribution >= 0.6 is 11.8 Å². The SMILES string of the molecule is COc1ccc(NC(=O)CSc2ccc(C(C)=O)cc2F)cc1OC1CCCC1. The van der Waals surface area contributed by atoms with E-state index in [1.54, 1.807) is 31.4 Å². The first-order valence-corrected chi connectivity index (χ1v) is 10.5. The van der Waals surface area contributed by atoms with Crippen LogP contribution in [0.3, 0.4) is 0 Å². The first-order chi connectivity index (χ1) is 14.0. The molecule has 2 aromatic carbocycles. The molecule has 5 nitrogen and oxygen atoms in total. The van der Waals surface area contributed by atoms with Gasteiger partial charge in [0.1, 0.15) is 5.82 Å². The second-order valence-corrected chi connectivity index (χ2v) is 7.95. The molecule has 0 aliphatic heterocycles. The number of ketones is 1. The van der Waals surface area contributed by atoms with Crippen molar-refractivity contribution in [3.8, 4) is 11.5 Å². The number of anilines is 1. The standard InChI is InChI=1S/C22H24FNO4S/c1-14(25)15-7-10-21(18(23)11-15)29-13-22(26)24-16-8-9-19(27-2)20(12-16)28-17-5-3-4-6-17/h7-12,17H,3-6,13H2,1-2H3,(H,24,26). The Morgan fingerprint density at radius 1 is 1.14 bits per heavy atom. The Hall–Kier alpha value is -2.54. The molecule has 154 valence electrons. The Morgan fingerprint density at radius 2 is 1.90 bits per heavy atom. The van der Waals surface area contributed by atoms with Crippen LogP contribution in [0.2, 0.25) is 0 Å². The zero-order chi connectivity index (χ0) is 20.8. The predicted molar refractivity (Wildman–Crippen MR) is 112 cm³/mol. The summed E-state index contributed by atoms with van der Waals surface area (Å²) >= 11 is 1.08. The molecule has 0 unspecified atom stereocenters. The Bertz CT molecular complexity index is 896. The third kappa shape index (κ3) is 5.73. The minimum Gasteiger partial charge on any atom is -0.493 e. The summed E-state index contributed by atoms with van der Waals surface area (Å²) in [5, 5.41) is 2.81. The monoisotopic (exact) mass is 417 g/mol. The number of hydrogen-bond acceptors (Lipinski definition) is 5. The van der Waals surface area contributed by atoms with Crippen molar-refractivity contribution < 1.29 is 23.5 Å². The maximum atomic E-state index is 14.1. The number of carbonyl (C=O) groups is 2. The van der Waals surface area contributed by atoms with Crippen molar-refractivity contribution in [2.24, 2.45) is 0 Å². The number of benzene rings is 2. The van der Waals surface area contributed by atoms with Gasteiger partial charge in [-0.2, -0.15) is 0 Å². The highest BCUT2D eigenvalue weighted by molar-refractivity contribution is 8.00. The molecular formula is C22H24FNO4S. The zero-order valence-electron chi connectivity index (χ0n) is 16.5. The molecule has 0 bridgehead atoms. The van der Waals surface area contributed by atoms with E-state index in [4.69, 9.17) is 9.47 Å². The number of ether oxygens (including phenoxy) is 2. The molecule has 1 aliphatic rings. The van der Waals surface area contributed by atoms with Gasteiger partial charge in [-0.25, -0.2) is 4.39 Å². The molecule has 0 saturated heterocycles. The van der Waals surface area contributed by atoms with Gasteiger partial charge in [-0.3, -0.25) is 9.59 Å². The summed E-state index contributed by atoms with van der Waals surface area (Å²) < 4.78 is 25.5. The van der Waals surface area contributed by atoms with Crippen molar-refractivity contribution in [2.45, 2.75) is 43.6 Å². The Labute approximate surface area is 174 Å². The lowest BCUT2D eigenvalue weighted by Crippen LogP contribution is -2.15. The molecule has 1 fully saturated rings. The summed E-state index contributed by atoms with van der Waals surface area (Å²) in [4.78, 5) is 23.9. The quantitative estimate of drug-likeness (QED) is 0.479. The fraction of sp³-hybridized carbons (Fsp3) is 0.364. The normalized spacial score (nSPS) is 13.9. The van der Waals surface area contributed by atoms with Gasteiger partial charge in [0.25, 0.3) is 0 Å². The van der Waals surface area contributed by atoms with E-state index in [1.807, 2.05) is 0 Å². The van der Waals surface area contributed by atoms with E-state index in [0.717, 1.165) is 37.4 Å². The summed E-state index contributed by atoms with van der Waals surface area (Å²) in [6.45, 7) is 1.38. The minimum absolute atomic E-state index is 0.0428. The fourth-order valence-corrected chi connectivity index (χ4v) is 3.93. The van der Waals surface area contributed by atoms with Crippen molar-refractivity contribution in [3.05, 3.63) is 47.8 Å². The number of methoxy groups -OCH3 is 1. The summed E-state index contributed by atoms with van der Waals surface area (Å²) in [6, 6.07) is 9.52. The van der Waals surface area contributed by atoms with Crippen LogP contribution in [-0.4, -0.2) is 30.7 Å². The highest BCUT2D eigenvalue weighted by Crippen LogP contribution is 2.34. The molecule has 0 aromatic heterocycles. The van der Waals surface area contributed by atoms with Crippen LogP contribution in [0.5, 0.6) is 11.5 Å². The Morgan fingerprint density at radius 3 is 2.55 bits per heavy atom. The maximum absolute atomic E-state index is 14.1. The van der Waals surface area contributed by atoms with E-state index in [2.05, 4.69) is 5.32 Å². The smallest absolute Gasteiger partial charge is 0.234 e. The average Bonchev–Trinajstić information content (AvgIpc) is 3.20. The molecule has 0 spiro atoms. The lowest BCUT2D eigenvalue weighted by molar-refractivity contribution is -0.113. The summed E-state index contributed by atoms with van der Waals surface area (Å²) in [6.07, 6.45) is 4.52. The molecule has 2 aromatic rings. The molecular weight excluding hydrogens is 393 g/mol. The summed E-state index contributed by atoms with van der Waals surface area (Å²) in [5.74, 6) is 0.302. The van der Waals surface area contributed by atoms with Gasteiger partial charge in [-0.1, -0.05) is 6.07 Å². The van der Waals surface area contributed by atoms with E-state index in [1.165, 1.54) is 19.1 Å². The van der Waals surface area contributed by atoms with E-state index < -0.39 is 5.82 Å². The molecule has 0 heterocycles. The molecule has 1 aliphatic carbocycles. The van der Waals surface area contributed by atoms with Crippen LogP contribution in [0.15, 0.2) is 41.3 Å². The highest BCUT2D eigenvalue weighted by Gasteiger charge is 2.19. The molecule has 1 N–H and O–H groups in total. The van der Waals surface area contributed by atoms with Crippen molar-refractivity contribution in [2.75, 3.05) is 18.2 Å². The van der Waals surface area contributed by atoms with Gasteiger partial charge < -0.3 is 14.8 Å². The van der Waals surface area contributed by atoms with Gasteiger partial charge in [0.15, 0.2) is 17.3 Å². The number of amides is 1. The largest absolute Gasteiger partial charge is 0.493 e. The van der Waals surface area contributed by atoms with E-state index in [0.29, 0.717) is 27.6 Å². The van der Waals surface area contributed by atoms with Crippen molar-refractivity contribution in [1.82, 2.24) is 0 Å². The van der Waals surface area contributed by atoms with Gasteiger partial charge in [0.2, 0.25) is 5.91 Å². The maximum Gasteiger partial charge on any atom is 0.234 e. The number of rotatable bonds is 8. The van der Waals surface area contributed by atoms with Crippen LogP contribution in [0.25, 0.3) is 0 Å². The van der Waals surface area contributed by atoms with Gasteiger partial charge in [0.05, 0.1) is 19.0 Å². The number of carbonyl (C=O) groups excluding carboxylic acids is 2. The van der Waals surface area contributed by atoms with Crippen molar-refractivity contribution in [1.29, 1.82) is 0 Å². The lowest BCUT2D eigenvalue weighted by atomic mass is 10.1. The number of nitrogens with one attached hydrogen (secondary N) is 1. The molecule has 29 heavy (non-hydrogen) atoms. The molecule has 0 radical (unpaired) electrons. The van der Waals surface area contributed by atoms with Crippen molar-refractivity contribution >= 4 is 29.1 Å².